The fraction of sp³-hybridized carbons (Fsp3) is 0.571. The molecule has 0 saturated heterocycles. The average molecular weight is 236 g/mol. The lowest BCUT2D eigenvalue weighted by Crippen LogP contribution is -2.41. The summed E-state index contributed by atoms with van der Waals surface area (Å²) in [5, 5.41) is 3.18. The summed E-state index contributed by atoms with van der Waals surface area (Å²) in [6.07, 6.45) is 0. The third kappa shape index (κ3) is 3.45. The normalized spacial score (nSPS) is 11.9. The zero-order valence-corrected chi connectivity index (χ0v) is 11.6. The summed E-state index contributed by atoms with van der Waals surface area (Å²) >= 11 is 0. The topological polar surface area (TPSA) is 24.5 Å². The quantitative estimate of drug-likeness (QED) is 0.818. The van der Waals surface area contributed by atoms with E-state index >= 15 is 0 Å². The summed E-state index contributed by atoms with van der Waals surface area (Å²) in [6.45, 7) is 6.47. The van der Waals surface area contributed by atoms with Crippen LogP contribution in [0.5, 0.6) is 5.75 Å². The highest BCUT2D eigenvalue weighted by atomic mass is 16.5. The van der Waals surface area contributed by atoms with E-state index in [1.54, 1.807) is 7.11 Å². The minimum atomic E-state index is 0.00535. The molecular weight excluding hydrogens is 212 g/mol. The molecule has 0 heterocycles. The summed E-state index contributed by atoms with van der Waals surface area (Å²) in [5.74, 6) is 0.914. The molecule has 17 heavy (non-hydrogen) atoms. The minimum absolute atomic E-state index is 0.00535. The van der Waals surface area contributed by atoms with Gasteiger partial charge in [0.25, 0.3) is 0 Å². The maximum atomic E-state index is 5.28. The number of benzene rings is 1. The number of hydrogen-bond acceptors (Lipinski definition) is 3. The smallest absolute Gasteiger partial charge is 0.119 e. The second-order valence-electron chi connectivity index (χ2n) is 4.82. The van der Waals surface area contributed by atoms with Crippen LogP contribution in [0.2, 0.25) is 0 Å². The monoisotopic (exact) mass is 236 g/mol. The molecule has 0 amide bonds. The summed E-state index contributed by atoms with van der Waals surface area (Å²) in [4.78, 5) is 2.35. The number of likely N-dealkylation sites (N-methyl/N-ethyl adjacent to an activating group) is 2. The van der Waals surface area contributed by atoms with E-state index in [9.17, 15) is 0 Å². The molecular formula is C14H24N2O. The standard InChI is InChI=1S/C14H24N2O/c1-14(2,16(4)10-9-15-3)12-7-6-8-13(11-12)17-5/h6-8,11,15H,9-10H2,1-5H3. The Hall–Kier alpha value is -1.06. The van der Waals surface area contributed by atoms with Gasteiger partial charge in [0, 0.05) is 18.6 Å². The molecule has 1 rings (SSSR count). The molecule has 0 spiro atoms. The van der Waals surface area contributed by atoms with Crippen LogP contribution >= 0.6 is 0 Å². The largest absolute Gasteiger partial charge is 0.497 e. The van der Waals surface area contributed by atoms with Gasteiger partial charge in [-0.3, -0.25) is 4.90 Å². The lowest BCUT2D eigenvalue weighted by Gasteiger charge is -2.36. The van der Waals surface area contributed by atoms with Crippen molar-refractivity contribution in [1.82, 2.24) is 10.2 Å². The molecule has 0 aliphatic rings. The first-order valence-corrected chi connectivity index (χ1v) is 6.02. The van der Waals surface area contributed by atoms with E-state index in [2.05, 4.69) is 43.2 Å². The van der Waals surface area contributed by atoms with Crippen LogP contribution < -0.4 is 10.1 Å². The molecule has 0 aliphatic carbocycles. The maximum Gasteiger partial charge on any atom is 0.119 e. The molecule has 96 valence electrons. The Bertz CT molecular complexity index is 350. The van der Waals surface area contributed by atoms with Gasteiger partial charge in [0.1, 0.15) is 5.75 Å². The summed E-state index contributed by atoms with van der Waals surface area (Å²) in [6, 6.07) is 8.28. The minimum Gasteiger partial charge on any atom is -0.497 e. The van der Waals surface area contributed by atoms with Gasteiger partial charge >= 0.3 is 0 Å². The number of nitrogens with zero attached hydrogens (tertiary/aromatic N) is 1. The molecule has 3 heteroatoms. The fourth-order valence-electron chi connectivity index (χ4n) is 1.78. The number of nitrogens with one attached hydrogen (secondary N) is 1. The van der Waals surface area contributed by atoms with Crippen LogP contribution in [0, 0.1) is 0 Å². The SMILES string of the molecule is CNCCN(C)C(C)(C)c1cccc(OC)c1. The lowest BCUT2D eigenvalue weighted by molar-refractivity contribution is 0.158. The lowest BCUT2D eigenvalue weighted by atomic mass is 9.92. The predicted octanol–water partition coefficient (Wildman–Crippen LogP) is 2.08. The van der Waals surface area contributed by atoms with Crippen molar-refractivity contribution in [2.75, 3.05) is 34.3 Å². The van der Waals surface area contributed by atoms with E-state index in [0.29, 0.717) is 0 Å². The number of ether oxygens (including phenoxy) is 1. The Morgan fingerprint density at radius 1 is 1.35 bits per heavy atom. The molecule has 0 bridgehead atoms. The Morgan fingerprint density at radius 3 is 2.65 bits per heavy atom. The van der Waals surface area contributed by atoms with Crippen molar-refractivity contribution in [3.8, 4) is 5.75 Å². The second-order valence-corrected chi connectivity index (χ2v) is 4.82. The van der Waals surface area contributed by atoms with Crippen LogP contribution in [0.15, 0.2) is 24.3 Å². The molecule has 1 aromatic carbocycles. The Morgan fingerprint density at radius 2 is 2.06 bits per heavy atom. The van der Waals surface area contributed by atoms with E-state index < -0.39 is 0 Å². The third-order valence-electron chi connectivity index (χ3n) is 3.43. The van der Waals surface area contributed by atoms with Crippen LogP contribution in [0.25, 0.3) is 0 Å². The first kappa shape index (κ1) is 14.0. The predicted molar refractivity (Wildman–Crippen MR) is 72.6 cm³/mol. The number of hydrogen-bond donors (Lipinski definition) is 1. The van der Waals surface area contributed by atoms with Crippen LogP contribution in [-0.2, 0) is 5.54 Å². The molecule has 0 unspecified atom stereocenters. The van der Waals surface area contributed by atoms with E-state index in [1.807, 2.05) is 19.2 Å². The maximum absolute atomic E-state index is 5.28. The summed E-state index contributed by atoms with van der Waals surface area (Å²) < 4.78 is 5.28. The fourth-order valence-corrected chi connectivity index (χ4v) is 1.78. The van der Waals surface area contributed by atoms with Gasteiger partial charge in [-0.05, 0) is 45.6 Å². The van der Waals surface area contributed by atoms with E-state index in [0.717, 1.165) is 18.8 Å². The average Bonchev–Trinajstić information content (AvgIpc) is 2.35. The van der Waals surface area contributed by atoms with E-state index in [-0.39, 0.29) is 5.54 Å². The van der Waals surface area contributed by atoms with Gasteiger partial charge in [-0.25, -0.2) is 0 Å². The first-order valence-electron chi connectivity index (χ1n) is 6.02. The molecule has 0 saturated carbocycles. The molecule has 0 radical (unpaired) electrons. The van der Waals surface area contributed by atoms with Crippen LogP contribution in [0.1, 0.15) is 19.4 Å². The summed E-state index contributed by atoms with van der Waals surface area (Å²) in [7, 11) is 5.83. The zero-order chi connectivity index (χ0) is 12.9. The first-order chi connectivity index (χ1) is 8.02. The van der Waals surface area contributed by atoms with Crippen molar-refractivity contribution in [1.29, 1.82) is 0 Å². The van der Waals surface area contributed by atoms with Gasteiger partial charge < -0.3 is 10.1 Å². The van der Waals surface area contributed by atoms with Crippen molar-refractivity contribution in [3.63, 3.8) is 0 Å². The zero-order valence-electron chi connectivity index (χ0n) is 11.6. The second kappa shape index (κ2) is 6.03. The van der Waals surface area contributed by atoms with Crippen molar-refractivity contribution >= 4 is 0 Å². The van der Waals surface area contributed by atoms with Crippen molar-refractivity contribution < 1.29 is 4.74 Å². The Balaban J connectivity index is 2.86. The van der Waals surface area contributed by atoms with Crippen molar-refractivity contribution in [2.24, 2.45) is 0 Å². The van der Waals surface area contributed by atoms with Gasteiger partial charge in [-0.2, -0.15) is 0 Å². The van der Waals surface area contributed by atoms with Gasteiger partial charge in [0.2, 0.25) is 0 Å². The molecule has 1 N–H and O–H groups in total. The molecule has 1 aromatic rings. The highest BCUT2D eigenvalue weighted by Gasteiger charge is 2.25. The van der Waals surface area contributed by atoms with Crippen molar-refractivity contribution in [3.05, 3.63) is 29.8 Å². The van der Waals surface area contributed by atoms with E-state index in [1.165, 1.54) is 5.56 Å². The molecule has 0 fully saturated rings. The number of rotatable bonds is 6. The molecule has 0 atom stereocenters. The molecule has 0 aliphatic heterocycles. The highest BCUT2D eigenvalue weighted by molar-refractivity contribution is 5.32. The van der Waals surface area contributed by atoms with Crippen LogP contribution in [0.3, 0.4) is 0 Å². The highest BCUT2D eigenvalue weighted by Crippen LogP contribution is 2.28. The van der Waals surface area contributed by atoms with Gasteiger partial charge in [-0.1, -0.05) is 12.1 Å². The van der Waals surface area contributed by atoms with Crippen LogP contribution in [-0.4, -0.2) is 39.2 Å². The Labute approximate surface area is 105 Å². The van der Waals surface area contributed by atoms with Gasteiger partial charge in [0.15, 0.2) is 0 Å². The third-order valence-corrected chi connectivity index (χ3v) is 3.43. The van der Waals surface area contributed by atoms with Gasteiger partial charge in [0.05, 0.1) is 7.11 Å². The van der Waals surface area contributed by atoms with Crippen molar-refractivity contribution in [2.45, 2.75) is 19.4 Å². The summed E-state index contributed by atoms with van der Waals surface area (Å²) in [5.41, 5.74) is 1.28. The molecule has 0 aromatic heterocycles. The van der Waals surface area contributed by atoms with Gasteiger partial charge in [-0.15, -0.1) is 0 Å². The Kier molecular flexibility index (Phi) is 4.97. The number of methoxy groups -OCH3 is 1. The van der Waals surface area contributed by atoms with E-state index in [4.69, 9.17) is 4.74 Å². The molecule has 3 nitrogen and oxygen atoms in total. The van der Waals surface area contributed by atoms with Crippen LogP contribution in [0.4, 0.5) is 0 Å².